The molecule has 0 bridgehead atoms. The van der Waals surface area contributed by atoms with Crippen molar-refractivity contribution in [2.24, 2.45) is 0 Å². The highest BCUT2D eigenvalue weighted by Crippen LogP contribution is 2.29. The van der Waals surface area contributed by atoms with Crippen molar-refractivity contribution in [3.8, 4) is 10.7 Å². The zero-order chi connectivity index (χ0) is 11.1. The monoisotopic (exact) mass is 283 g/mol. The van der Waals surface area contributed by atoms with Crippen LogP contribution in [0, 0.1) is 0 Å². The average molecular weight is 284 g/mol. The fourth-order valence-corrected chi connectivity index (χ4v) is 2.44. The van der Waals surface area contributed by atoms with Crippen LogP contribution in [-0.4, -0.2) is 23.6 Å². The van der Waals surface area contributed by atoms with Crippen molar-refractivity contribution >= 4 is 42.7 Å². The van der Waals surface area contributed by atoms with Gasteiger partial charge in [0, 0.05) is 10.7 Å². The third-order valence-electron chi connectivity index (χ3n) is 1.49. The van der Waals surface area contributed by atoms with E-state index in [9.17, 15) is 8.42 Å². The van der Waals surface area contributed by atoms with E-state index in [1.165, 1.54) is 11.3 Å². The molecule has 15 heavy (non-hydrogen) atoms. The summed E-state index contributed by atoms with van der Waals surface area (Å²) in [5, 5.41) is 5.58. The van der Waals surface area contributed by atoms with E-state index in [0.29, 0.717) is 9.21 Å². The highest BCUT2D eigenvalue weighted by Gasteiger charge is 2.17. The summed E-state index contributed by atoms with van der Waals surface area (Å²) in [4.78, 5) is 4.40. The van der Waals surface area contributed by atoms with Crippen molar-refractivity contribution < 1.29 is 8.42 Å². The predicted octanol–water partition coefficient (Wildman–Crippen LogP) is 2.11. The largest absolute Gasteiger partial charge is 0.296 e. The first kappa shape index (κ1) is 10.9. The van der Waals surface area contributed by atoms with E-state index in [0.717, 1.165) is 0 Å². The Morgan fingerprint density at radius 1 is 1.40 bits per heavy atom. The molecule has 1 N–H and O–H groups in total. The first-order chi connectivity index (χ1) is 6.97. The summed E-state index contributed by atoms with van der Waals surface area (Å²) in [6, 6.07) is 3.37. The molecule has 0 aliphatic carbocycles. The molecule has 0 saturated carbocycles. The maximum Gasteiger partial charge on any atom is 0.296 e. The molecule has 2 rings (SSSR count). The Hall–Kier alpha value is -0.630. The number of H-pyrrole nitrogens is 1. The van der Waals surface area contributed by atoms with Crippen LogP contribution in [0.25, 0.3) is 10.7 Å². The maximum atomic E-state index is 10.9. The molecular formula is C6H3Cl2N3O2S2. The van der Waals surface area contributed by atoms with Crippen LogP contribution in [0.4, 0.5) is 0 Å². The number of nitrogens with zero attached hydrogens (tertiary/aromatic N) is 2. The van der Waals surface area contributed by atoms with E-state index in [4.69, 9.17) is 22.3 Å². The Labute approximate surface area is 98.5 Å². The van der Waals surface area contributed by atoms with Crippen molar-refractivity contribution in [2.45, 2.75) is 5.16 Å². The van der Waals surface area contributed by atoms with Gasteiger partial charge in [-0.05, 0) is 12.1 Å². The van der Waals surface area contributed by atoms with Gasteiger partial charge in [0.15, 0.2) is 5.82 Å². The molecule has 2 heterocycles. The fraction of sp³-hybridized carbons (Fsp3) is 0. The van der Waals surface area contributed by atoms with Crippen LogP contribution in [0.1, 0.15) is 0 Å². The molecule has 0 spiro atoms. The number of rotatable bonds is 2. The molecule has 2 aromatic rings. The average Bonchev–Trinajstić information content (AvgIpc) is 2.69. The highest BCUT2D eigenvalue weighted by atomic mass is 35.7. The summed E-state index contributed by atoms with van der Waals surface area (Å²) < 4.78 is 22.4. The number of hydrogen-bond donors (Lipinski definition) is 1. The molecule has 0 radical (unpaired) electrons. The lowest BCUT2D eigenvalue weighted by atomic mass is 10.4. The van der Waals surface area contributed by atoms with Gasteiger partial charge in [-0.3, -0.25) is 0 Å². The van der Waals surface area contributed by atoms with Crippen molar-refractivity contribution in [1.82, 2.24) is 15.2 Å². The molecule has 0 amide bonds. The van der Waals surface area contributed by atoms with E-state index in [1.54, 1.807) is 12.1 Å². The highest BCUT2D eigenvalue weighted by molar-refractivity contribution is 8.13. The Balaban J connectivity index is 2.44. The summed E-state index contributed by atoms with van der Waals surface area (Å²) in [7, 11) is 1.21. The maximum absolute atomic E-state index is 10.9. The quantitative estimate of drug-likeness (QED) is 0.857. The third kappa shape index (κ3) is 2.31. The van der Waals surface area contributed by atoms with Gasteiger partial charge in [-0.2, -0.15) is 10.1 Å². The first-order valence-corrected chi connectivity index (χ1v) is 7.10. The molecule has 0 aliphatic rings. The van der Waals surface area contributed by atoms with Gasteiger partial charge in [0.05, 0.1) is 9.21 Å². The van der Waals surface area contributed by atoms with Gasteiger partial charge in [-0.15, -0.1) is 11.3 Å². The minimum atomic E-state index is -3.87. The van der Waals surface area contributed by atoms with Crippen molar-refractivity contribution in [3.63, 3.8) is 0 Å². The Kier molecular flexibility index (Phi) is 2.72. The van der Waals surface area contributed by atoms with E-state index in [1.807, 2.05) is 0 Å². The smallest absolute Gasteiger partial charge is 0.248 e. The van der Waals surface area contributed by atoms with Gasteiger partial charge in [0.1, 0.15) is 0 Å². The molecular weight excluding hydrogens is 281 g/mol. The SMILES string of the molecule is O=S(=O)(Cl)c1nc(-c2ccc(Cl)s2)n[nH]1. The molecule has 0 atom stereocenters. The minimum Gasteiger partial charge on any atom is -0.248 e. The molecule has 0 saturated heterocycles. The zero-order valence-electron chi connectivity index (χ0n) is 6.94. The van der Waals surface area contributed by atoms with E-state index in [-0.39, 0.29) is 11.0 Å². The molecule has 0 aromatic carbocycles. The summed E-state index contributed by atoms with van der Waals surface area (Å²) >= 11 is 6.96. The Morgan fingerprint density at radius 3 is 2.60 bits per heavy atom. The lowest BCUT2D eigenvalue weighted by Gasteiger charge is -1.85. The van der Waals surface area contributed by atoms with Crippen molar-refractivity contribution in [1.29, 1.82) is 0 Å². The van der Waals surface area contributed by atoms with Gasteiger partial charge in [-0.1, -0.05) is 11.6 Å². The van der Waals surface area contributed by atoms with Crippen LogP contribution in [0.3, 0.4) is 0 Å². The van der Waals surface area contributed by atoms with Gasteiger partial charge in [0.25, 0.3) is 14.2 Å². The second kappa shape index (κ2) is 3.75. The van der Waals surface area contributed by atoms with Crippen LogP contribution in [0.2, 0.25) is 4.34 Å². The molecule has 5 nitrogen and oxygen atoms in total. The van der Waals surface area contributed by atoms with Crippen LogP contribution >= 0.6 is 33.6 Å². The number of aromatic nitrogens is 3. The molecule has 9 heteroatoms. The number of thiophene rings is 1. The predicted molar refractivity (Wildman–Crippen MR) is 57.7 cm³/mol. The van der Waals surface area contributed by atoms with Crippen molar-refractivity contribution in [2.75, 3.05) is 0 Å². The van der Waals surface area contributed by atoms with E-state index < -0.39 is 9.05 Å². The lowest BCUT2D eigenvalue weighted by molar-refractivity contribution is 0.602. The van der Waals surface area contributed by atoms with E-state index in [2.05, 4.69) is 15.2 Å². The second-order valence-electron chi connectivity index (χ2n) is 2.51. The second-order valence-corrected chi connectivity index (χ2v) is 6.70. The summed E-state index contributed by atoms with van der Waals surface area (Å²) in [6.45, 7) is 0. The van der Waals surface area contributed by atoms with Crippen LogP contribution < -0.4 is 0 Å². The summed E-state index contributed by atoms with van der Waals surface area (Å²) in [5.41, 5.74) is 0. The normalized spacial score (nSPS) is 11.9. The van der Waals surface area contributed by atoms with Crippen LogP contribution in [0.5, 0.6) is 0 Å². The standard InChI is InChI=1S/C6H3Cl2N3O2S2/c7-4-2-1-3(14-4)5-9-6(11-10-5)15(8,12)13/h1-2H,(H,9,10,11). The fourth-order valence-electron chi connectivity index (χ4n) is 0.901. The number of aromatic amines is 1. The number of halogens is 2. The molecule has 80 valence electrons. The van der Waals surface area contributed by atoms with Gasteiger partial charge in [0.2, 0.25) is 0 Å². The van der Waals surface area contributed by atoms with E-state index >= 15 is 0 Å². The third-order valence-corrected chi connectivity index (χ3v) is 3.80. The number of nitrogens with one attached hydrogen (secondary N) is 1. The Bertz CT molecular complexity index is 589. The first-order valence-electron chi connectivity index (χ1n) is 3.59. The molecule has 2 aromatic heterocycles. The van der Waals surface area contributed by atoms with Crippen molar-refractivity contribution in [3.05, 3.63) is 16.5 Å². The van der Waals surface area contributed by atoms with Gasteiger partial charge < -0.3 is 0 Å². The van der Waals surface area contributed by atoms with Gasteiger partial charge in [-0.25, -0.2) is 13.5 Å². The van der Waals surface area contributed by atoms with Crippen LogP contribution in [-0.2, 0) is 9.05 Å². The molecule has 0 fully saturated rings. The summed E-state index contributed by atoms with van der Waals surface area (Å²) in [6.07, 6.45) is 0. The van der Waals surface area contributed by atoms with Gasteiger partial charge >= 0.3 is 0 Å². The minimum absolute atomic E-state index is 0.256. The van der Waals surface area contributed by atoms with Crippen LogP contribution in [0.15, 0.2) is 17.3 Å². The number of hydrogen-bond acceptors (Lipinski definition) is 5. The zero-order valence-corrected chi connectivity index (χ0v) is 10.1. The summed E-state index contributed by atoms with van der Waals surface area (Å²) in [5.74, 6) is 0.256. The molecule has 0 unspecified atom stereocenters. The molecule has 0 aliphatic heterocycles. The topological polar surface area (TPSA) is 75.7 Å². The lowest BCUT2D eigenvalue weighted by Crippen LogP contribution is -1.92. The Morgan fingerprint density at radius 2 is 2.13 bits per heavy atom.